The van der Waals surface area contributed by atoms with E-state index in [0.29, 0.717) is 23.8 Å². The molecule has 38 heavy (non-hydrogen) atoms. The van der Waals surface area contributed by atoms with Gasteiger partial charge in [0.15, 0.2) is 10.7 Å². The minimum atomic E-state index is -0.328. The summed E-state index contributed by atoms with van der Waals surface area (Å²) in [6.07, 6.45) is 0. The Kier molecular flexibility index (Phi) is 7.20. The number of hydrogen-bond acceptors (Lipinski definition) is 5. The lowest BCUT2D eigenvalue weighted by atomic mass is 10.1. The van der Waals surface area contributed by atoms with E-state index in [1.165, 1.54) is 0 Å². The second-order valence-electron chi connectivity index (χ2n) is 9.14. The van der Waals surface area contributed by atoms with Crippen LogP contribution in [0.4, 0.5) is 5.69 Å². The lowest BCUT2D eigenvalue weighted by Crippen LogP contribution is -2.34. The smallest absolute Gasteiger partial charge is 0.257 e. The summed E-state index contributed by atoms with van der Waals surface area (Å²) < 4.78 is 12.0. The minimum absolute atomic E-state index is 0.190. The Bertz CT molecular complexity index is 1640. The monoisotopic (exact) mass is 521 g/mol. The van der Waals surface area contributed by atoms with Crippen molar-refractivity contribution in [3.05, 3.63) is 113 Å². The zero-order valence-electron chi connectivity index (χ0n) is 21.4. The van der Waals surface area contributed by atoms with E-state index >= 15 is 0 Å². The number of hydrogen-bond donors (Lipinski definition) is 2. The average molecular weight is 522 g/mol. The Hall–Kier alpha value is -4.49. The fraction of sp³-hybridized carbons (Fsp3) is 0.129. The number of oxazole rings is 1. The van der Waals surface area contributed by atoms with Crippen molar-refractivity contribution in [2.45, 2.75) is 27.4 Å². The highest BCUT2D eigenvalue weighted by Gasteiger charge is 2.16. The summed E-state index contributed by atoms with van der Waals surface area (Å²) in [5.41, 5.74) is 7.79. The number of benzene rings is 4. The zero-order chi connectivity index (χ0) is 26.6. The molecule has 1 aromatic heterocycles. The van der Waals surface area contributed by atoms with Crippen LogP contribution in [0.1, 0.15) is 32.6 Å². The molecule has 0 aliphatic carbocycles. The molecule has 190 valence electrons. The van der Waals surface area contributed by atoms with Crippen LogP contribution in [0, 0.1) is 20.8 Å². The first-order chi connectivity index (χ1) is 18.4. The molecule has 1 amide bonds. The summed E-state index contributed by atoms with van der Waals surface area (Å²) in [5.74, 6) is 0.816. The van der Waals surface area contributed by atoms with Gasteiger partial charge in [0, 0.05) is 16.8 Å². The molecule has 0 spiro atoms. The van der Waals surface area contributed by atoms with Crippen LogP contribution in [0.3, 0.4) is 0 Å². The number of amides is 1. The first kappa shape index (κ1) is 25.2. The van der Waals surface area contributed by atoms with Crippen molar-refractivity contribution in [3.63, 3.8) is 0 Å². The highest BCUT2D eigenvalue weighted by Crippen LogP contribution is 2.32. The largest absolute Gasteiger partial charge is 0.489 e. The standard InChI is InChI=1S/C31H27N3O3S/c1-19-15-20(2)28-27(16-19)32-30(37-28)25-13-8-14-26(21(25)3)33-31(38)34-29(35)23-11-7-12-24(17-23)36-18-22-9-5-4-6-10-22/h4-17H,18H2,1-3H3,(H2,33,34,35,38). The van der Waals surface area contributed by atoms with Gasteiger partial charge in [-0.2, -0.15) is 0 Å². The highest BCUT2D eigenvalue weighted by atomic mass is 32.1. The van der Waals surface area contributed by atoms with Crippen molar-refractivity contribution in [1.29, 1.82) is 0 Å². The maximum absolute atomic E-state index is 12.9. The highest BCUT2D eigenvalue weighted by molar-refractivity contribution is 7.80. The SMILES string of the molecule is Cc1cc(C)c2oc(-c3cccc(NC(=S)NC(=O)c4cccc(OCc5ccccc5)c4)c3C)nc2c1. The summed E-state index contributed by atoms with van der Waals surface area (Å²) in [6.45, 7) is 6.44. The van der Waals surface area contributed by atoms with Crippen molar-refractivity contribution in [1.82, 2.24) is 10.3 Å². The number of ether oxygens (including phenoxy) is 1. The third-order valence-corrected chi connectivity index (χ3v) is 6.41. The second-order valence-corrected chi connectivity index (χ2v) is 9.55. The van der Waals surface area contributed by atoms with Crippen LogP contribution in [0.15, 0.2) is 89.3 Å². The first-order valence-electron chi connectivity index (χ1n) is 12.2. The Balaban J connectivity index is 1.27. The Morgan fingerprint density at radius 3 is 2.55 bits per heavy atom. The first-order valence-corrected chi connectivity index (χ1v) is 12.6. The predicted octanol–water partition coefficient (Wildman–Crippen LogP) is 7.13. The molecule has 0 aliphatic heterocycles. The predicted molar refractivity (Wildman–Crippen MR) is 155 cm³/mol. The molecule has 0 saturated heterocycles. The van der Waals surface area contributed by atoms with E-state index in [2.05, 4.69) is 16.7 Å². The van der Waals surface area contributed by atoms with Crippen LogP contribution in [0.5, 0.6) is 5.75 Å². The summed E-state index contributed by atoms with van der Waals surface area (Å²) in [6, 6.07) is 26.7. The maximum atomic E-state index is 12.9. The molecular weight excluding hydrogens is 494 g/mol. The molecule has 7 heteroatoms. The lowest BCUT2D eigenvalue weighted by Gasteiger charge is -2.14. The number of aromatic nitrogens is 1. The van der Waals surface area contributed by atoms with Crippen molar-refractivity contribution in [2.24, 2.45) is 0 Å². The number of carbonyl (C=O) groups excluding carboxylic acids is 1. The van der Waals surface area contributed by atoms with Crippen molar-refractivity contribution >= 4 is 40.0 Å². The topological polar surface area (TPSA) is 76.4 Å². The number of aryl methyl sites for hydroxylation is 2. The van der Waals surface area contributed by atoms with Crippen LogP contribution < -0.4 is 15.4 Å². The van der Waals surface area contributed by atoms with Gasteiger partial charge in [-0.05, 0) is 91.6 Å². The van der Waals surface area contributed by atoms with Crippen molar-refractivity contribution in [2.75, 3.05) is 5.32 Å². The van der Waals surface area contributed by atoms with Gasteiger partial charge >= 0.3 is 0 Å². The molecule has 0 radical (unpaired) electrons. The summed E-state index contributed by atoms with van der Waals surface area (Å²) in [7, 11) is 0. The van der Waals surface area contributed by atoms with Crippen molar-refractivity contribution < 1.29 is 13.9 Å². The number of fused-ring (bicyclic) bond motifs is 1. The van der Waals surface area contributed by atoms with E-state index in [1.807, 2.05) is 81.4 Å². The van der Waals surface area contributed by atoms with Gasteiger partial charge < -0.3 is 14.5 Å². The maximum Gasteiger partial charge on any atom is 0.257 e. The van der Waals surface area contributed by atoms with E-state index in [0.717, 1.165) is 44.6 Å². The second kappa shape index (κ2) is 10.9. The van der Waals surface area contributed by atoms with E-state index in [4.69, 9.17) is 26.4 Å². The average Bonchev–Trinajstić information content (AvgIpc) is 3.33. The number of carbonyl (C=O) groups is 1. The van der Waals surface area contributed by atoms with Crippen LogP contribution in [-0.4, -0.2) is 16.0 Å². The molecule has 6 nitrogen and oxygen atoms in total. The molecule has 1 heterocycles. The normalized spacial score (nSPS) is 10.8. The number of nitrogens with zero attached hydrogens (tertiary/aromatic N) is 1. The number of nitrogens with one attached hydrogen (secondary N) is 2. The molecule has 0 saturated carbocycles. The molecule has 0 unspecified atom stereocenters. The minimum Gasteiger partial charge on any atom is -0.489 e. The van der Waals surface area contributed by atoms with E-state index in [9.17, 15) is 4.79 Å². The van der Waals surface area contributed by atoms with Gasteiger partial charge in [0.25, 0.3) is 5.91 Å². The summed E-state index contributed by atoms with van der Waals surface area (Å²) in [4.78, 5) is 17.6. The molecule has 0 atom stereocenters. The van der Waals surface area contributed by atoms with E-state index < -0.39 is 0 Å². The Labute approximate surface area is 226 Å². The lowest BCUT2D eigenvalue weighted by molar-refractivity contribution is 0.0977. The fourth-order valence-corrected chi connectivity index (χ4v) is 4.49. The molecule has 0 aliphatic rings. The zero-order valence-corrected chi connectivity index (χ0v) is 22.2. The van der Waals surface area contributed by atoms with Crippen LogP contribution in [0.25, 0.3) is 22.6 Å². The molecular formula is C31H27N3O3S. The summed E-state index contributed by atoms with van der Waals surface area (Å²) >= 11 is 5.45. The quantitative estimate of drug-likeness (QED) is 0.232. The summed E-state index contributed by atoms with van der Waals surface area (Å²) in [5, 5.41) is 6.08. The Morgan fingerprint density at radius 2 is 1.74 bits per heavy atom. The van der Waals surface area contributed by atoms with Crippen LogP contribution in [-0.2, 0) is 6.61 Å². The molecule has 5 rings (SSSR count). The Morgan fingerprint density at radius 1 is 0.947 bits per heavy atom. The van der Waals surface area contributed by atoms with Gasteiger partial charge in [-0.25, -0.2) is 4.98 Å². The number of rotatable bonds is 6. The third-order valence-electron chi connectivity index (χ3n) is 6.20. The van der Waals surface area contributed by atoms with Crippen molar-refractivity contribution in [3.8, 4) is 17.2 Å². The molecule has 0 fully saturated rings. The molecule has 4 aromatic carbocycles. The number of thiocarbonyl (C=S) groups is 1. The van der Waals surface area contributed by atoms with Gasteiger partial charge in [0.05, 0.1) is 0 Å². The van der Waals surface area contributed by atoms with Gasteiger partial charge in [-0.3, -0.25) is 10.1 Å². The van der Waals surface area contributed by atoms with Gasteiger partial charge in [0.1, 0.15) is 17.9 Å². The van der Waals surface area contributed by atoms with Gasteiger partial charge in [-0.1, -0.05) is 48.5 Å². The van der Waals surface area contributed by atoms with Gasteiger partial charge in [0.2, 0.25) is 5.89 Å². The van der Waals surface area contributed by atoms with Crippen LogP contribution >= 0.6 is 12.2 Å². The van der Waals surface area contributed by atoms with E-state index in [1.54, 1.807) is 18.2 Å². The van der Waals surface area contributed by atoms with Gasteiger partial charge in [-0.15, -0.1) is 0 Å². The number of anilines is 1. The fourth-order valence-electron chi connectivity index (χ4n) is 4.29. The van der Waals surface area contributed by atoms with E-state index in [-0.39, 0.29) is 11.0 Å². The molecule has 5 aromatic rings. The molecule has 2 N–H and O–H groups in total. The third kappa shape index (κ3) is 5.58. The van der Waals surface area contributed by atoms with Crippen LogP contribution in [0.2, 0.25) is 0 Å². The molecule has 0 bridgehead atoms.